The van der Waals surface area contributed by atoms with E-state index in [1.165, 1.54) is 18.2 Å². The number of anilines is 1. The third kappa shape index (κ3) is 5.04. The minimum atomic E-state index is -4.48. The molecule has 0 atom stereocenters. The minimum Gasteiger partial charge on any atom is -0.490 e. The Kier molecular flexibility index (Phi) is 6.62. The van der Waals surface area contributed by atoms with Crippen molar-refractivity contribution in [3.8, 4) is 17.2 Å². The summed E-state index contributed by atoms with van der Waals surface area (Å²) in [7, 11) is 0. The molecule has 1 amide bonds. The van der Waals surface area contributed by atoms with E-state index in [0.717, 1.165) is 6.07 Å². The molecule has 2 N–H and O–H groups in total. The average molecular weight is 436 g/mol. The highest BCUT2D eigenvalue weighted by Gasteiger charge is 2.32. The van der Waals surface area contributed by atoms with Gasteiger partial charge in [0.05, 0.1) is 19.8 Å². The molecular formula is C22H23F3N2O4. The van der Waals surface area contributed by atoms with Gasteiger partial charge in [-0.1, -0.05) is 0 Å². The zero-order chi connectivity index (χ0) is 22.6. The largest absolute Gasteiger partial charge is 0.490 e. The lowest BCUT2D eigenvalue weighted by molar-refractivity contribution is -0.140. The van der Waals surface area contributed by atoms with E-state index in [0.29, 0.717) is 53.7 Å². The summed E-state index contributed by atoms with van der Waals surface area (Å²) >= 11 is 0. The Morgan fingerprint density at radius 3 is 2.10 bits per heavy atom. The van der Waals surface area contributed by atoms with Gasteiger partial charge in [-0.05, 0) is 57.2 Å². The van der Waals surface area contributed by atoms with E-state index in [1.807, 2.05) is 20.8 Å². The van der Waals surface area contributed by atoms with Gasteiger partial charge in [-0.25, -0.2) is 0 Å². The molecule has 0 bridgehead atoms. The van der Waals surface area contributed by atoms with Crippen LogP contribution in [0.2, 0.25) is 0 Å². The SMILES string of the molecule is CCOc1cc(C(=O)Nc2ccc3[nH]c(C(F)(F)F)cc3c2)cc(OCC)c1OCC. The molecule has 6 nitrogen and oxygen atoms in total. The predicted octanol–water partition coefficient (Wildman–Crippen LogP) is 5.64. The van der Waals surface area contributed by atoms with Crippen LogP contribution in [0.25, 0.3) is 10.9 Å². The lowest BCUT2D eigenvalue weighted by atomic mass is 10.1. The molecule has 3 rings (SSSR count). The minimum absolute atomic E-state index is 0.264. The third-order valence-corrected chi connectivity index (χ3v) is 4.36. The van der Waals surface area contributed by atoms with Crippen LogP contribution in [0.15, 0.2) is 36.4 Å². The summed E-state index contributed by atoms with van der Waals surface area (Å²) in [6.45, 7) is 6.56. The van der Waals surface area contributed by atoms with Gasteiger partial charge in [-0.15, -0.1) is 0 Å². The molecule has 0 aliphatic rings. The van der Waals surface area contributed by atoms with Crippen LogP contribution in [0.4, 0.5) is 18.9 Å². The summed E-state index contributed by atoms with van der Waals surface area (Å²) in [6.07, 6.45) is -4.48. The number of amides is 1. The Bertz CT molecular complexity index is 1050. The van der Waals surface area contributed by atoms with E-state index >= 15 is 0 Å². The zero-order valence-electron chi connectivity index (χ0n) is 17.4. The number of alkyl halides is 3. The number of ether oxygens (including phenoxy) is 3. The normalized spacial score (nSPS) is 11.4. The van der Waals surface area contributed by atoms with Gasteiger partial charge in [0.1, 0.15) is 5.69 Å². The first-order chi connectivity index (χ1) is 14.8. The number of H-pyrrole nitrogens is 1. The molecule has 0 aliphatic heterocycles. The monoisotopic (exact) mass is 436 g/mol. The van der Waals surface area contributed by atoms with Crippen LogP contribution in [0.5, 0.6) is 17.2 Å². The molecule has 0 saturated heterocycles. The Morgan fingerprint density at radius 1 is 0.935 bits per heavy atom. The van der Waals surface area contributed by atoms with E-state index in [1.54, 1.807) is 12.1 Å². The number of nitrogens with one attached hydrogen (secondary N) is 2. The van der Waals surface area contributed by atoms with Crippen molar-refractivity contribution in [3.05, 3.63) is 47.7 Å². The second-order valence-corrected chi connectivity index (χ2v) is 6.54. The number of carbonyl (C=O) groups excluding carboxylic acids is 1. The first kappa shape index (κ1) is 22.3. The van der Waals surface area contributed by atoms with Crippen molar-refractivity contribution in [3.63, 3.8) is 0 Å². The summed E-state index contributed by atoms with van der Waals surface area (Å²) < 4.78 is 55.6. The first-order valence-corrected chi connectivity index (χ1v) is 9.84. The van der Waals surface area contributed by atoms with Gasteiger partial charge >= 0.3 is 6.18 Å². The van der Waals surface area contributed by atoms with Gasteiger partial charge in [0.25, 0.3) is 5.91 Å². The number of halogens is 3. The predicted molar refractivity (Wildman–Crippen MR) is 111 cm³/mol. The van der Waals surface area contributed by atoms with Gasteiger partial charge in [0, 0.05) is 22.2 Å². The molecule has 0 unspecified atom stereocenters. The van der Waals surface area contributed by atoms with Crippen molar-refractivity contribution in [1.82, 2.24) is 4.98 Å². The molecule has 166 valence electrons. The molecule has 1 aromatic heterocycles. The molecule has 0 spiro atoms. The molecule has 0 saturated carbocycles. The van der Waals surface area contributed by atoms with E-state index in [-0.39, 0.29) is 5.56 Å². The molecule has 0 fully saturated rings. The molecule has 0 radical (unpaired) electrons. The highest BCUT2D eigenvalue weighted by atomic mass is 19.4. The van der Waals surface area contributed by atoms with Crippen molar-refractivity contribution in [2.45, 2.75) is 26.9 Å². The lowest BCUT2D eigenvalue weighted by Gasteiger charge is -2.17. The van der Waals surface area contributed by atoms with Crippen LogP contribution >= 0.6 is 0 Å². The summed E-state index contributed by atoms with van der Waals surface area (Å²) in [5.41, 5.74) is 0.0967. The molecule has 1 heterocycles. The van der Waals surface area contributed by atoms with Crippen molar-refractivity contribution >= 4 is 22.5 Å². The maximum absolute atomic E-state index is 12.9. The fraction of sp³-hybridized carbons (Fsp3) is 0.318. The Balaban J connectivity index is 1.91. The van der Waals surface area contributed by atoms with E-state index < -0.39 is 17.8 Å². The van der Waals surface area contributed by atoms with Crippen LogP contribution in [0.3, 0.4) is 0 Å². The van der Waals surface area contributed by atoms with E-state index in [4.69, 9.17) is 14.2 Å². The Hall–Kier alpha value is -3.36. The molecular weight excluding hydrogens is 413 g/mol. The third-order valence-electron chi connectivity index (χ3n) is 4.36. The van der Waals surface area contributed by atoms with Crippen LogP contribution in [0, 0.1) is 0 Å². The first-order valence-electron chi connectivity index (χ1n) is 9.84. The maximum Gasteiger partial charge on any atom is 0.431 e. The van der Waals surface area contributed by atoms with Gasteiger partial charge < -0.3 is 24.5 Å². The number of hydrogen-bond donors (Lipinski definition) is 2. The zero-order valence-corrected chi connectivity index (χ0v) is 17.4. The fourth-order valence-corrected chi connectivity index (χ4v) is 3.09. The number of fused-ring (bicyclic) bond motifs is 1. The van der Waals surface area contributed by atoms with Crippen LogP contribution in [0.1, 0.15) is 36.8 Å². The maximum atomic E-state index is 12.9. The molecule has 9 heteroatoms. The standard InChI is InChI=1S/C22H23F3N2O4/c1-4-29-17-10-14(11-18(30-5-2)20(17)31-6-3)21(28)26-15-7-8-16-13(9-15)12-19(27-16)22(23,24)25/h7-12,27H,4-6H2,1-3H3,(H,26,28). The van der Waals surface area contributed by atoms with Crippen molar-refractivity contribution in [2.75, 3.05) is 25.1 Å². The highest BCUT2D eigenvalue weighted by Crippen LogP contribution is 2.39. The fourth-order valence-electron chi connectivity index (χ4n) is 3.09. The van der Waals surface area contributed by atoms with Crippen molar-refractivity contribution < 1.29 is 32.2 Å². The summed E-state index contributed by atoms with van der Waals surface area (Å²) in [5, 5.41) is 3.04. The molecule has 0 aliphatic carbocycles. The molecule has 2 aromatic carbocycles. The number of hydrogen-bond acceptors (Lipinski definition) is 4. The quantitative estimate of drug-likeness (QED) is 0.480. The summed E-state index contributed by atoms with van der Waals surface area (Å²) in [4.78, 5) is 15.2. The van der Waals surface area contributed by atoms with Crippen LogP contribution < -0.4 is 19.5 Å². The number of aromatic amines is 1. The van der Waals surface area contributed by atoms with Gasteiger partial charge in [0.2, 0.25) is 5.75 Å². The summed E-state index contributed by atoms with van der Waals surface area (Å²) in [6, 6.07) is 8.57. The van der Waals surface area contributed by atoms with Crippen LogP contribution in [-0.4, -0.2) is 30.7 Å². The molecule has 31 heavy (non-hydrogen) atoms. The smallest absolute Gasteiger partial charge is 0.431 e. The Labute approximate surface area is 177 Å². The van der Waals surface area contributed by atoms with Crippen molar-refractivity contribution in [1.29, 1.82) is 0 Å². The van der Waals surface area contributed by atoms with Gasteiger partial charge in [0.15, 0.2) is 11.5 Å². The van der Waals surface area contributed by atoms with Gasteiger partial charge in [-0.3, -0.25) is 4.79 Å². The lowest BCUT2D eigenvalue weighted by Crippen LogP contribution is -2.13. The van der Waals surface area contributed by atoms with Crippen LogP contribution in [-0.2, 0) is 6.18 Å². The average Bonchev–Trinajstić information content (AvgIpc) is 3.14. The number of aromatic nitrogens is 1. The summed E-state index contributed by atoms with van der Waals surface area (Å²) in [5.74, 6) is 0.694. The number of carbonyl (C=O) groups is 1. The Morgan fingerprint density at radius 2 is 1.55 bits per heavy atom. The second-order valence-electron chi connectivity index (χ2n) is 6.54. The number of benzene rings is 2. The van der Waals surface area contributed by atoms with E-state index in [9.17, 15) is 18.0 Å². The highest BCUT2D eigenvalue weighted by molar-refractivity contribution is 6.06. The van der Waals surface area contributed by atoms with E-state index in [2.05, 4.69) is 10.3 Å². The van der Waals surface area contributed by atoms with Crippen molar-refractivity contribution in [2.24, 2.45) is 0 Å². The van der Waals surface area contributed by atoms with Gasteiger partial charge in [-0.2, -0.15) is 13.2 Å². The molecule has 3 aromatic rings. The number of rotatable bonds is 8. The second kappa shape index (κ2) is 9.20. The topological polar surface area (TPSA) is 72.6 Å².